The van der Waals surface area contributed by atoms with E-state index in [9.17, 15) is 9.59 Å². The molecule has 2 aromatic carbocycles. The third-order valence-electron chi connectivity index (χ3n) is 3.88. The van der Waals surface area contributed by atoms with Crippen molar-refractivity contribution in [2.24, 2.45) is 11.8 Å². The van der Waals surface area contributed by atoms with Crippen molar-refractivity contribution in [1.29, 1.82) is 0 Å². The molecule has 0 radical (unpaired) electrons. The molecule has 2 aromatic rings. The van der Waals surface area contributed by atoms with E-state index in [-0.39, 0.29) is 23.7 Å². The monoisotopic (exact) mass is 326 g/mol. The van der Waals surface area contributed by atoms with Crippen LogP contribution in [-0.4, -0.2) is 17.9 Å². The molecule has 0 spiro atoms. The Bertz CT molecular complexity index is 722. The Morgan fingerprint density at radius 2 is 1.62 bits per heavy atom. The molecule has 4 nitrogen and oxygen atoms in total. The average molecular weight is 326 g/mol. The fourth-order valence-electron chi connectivity index (χ4n) is 2.63. The molecular formula is C20H26N2O2. The number of amides is 2. The molecule has 0 fully saturated rings. The first-order chi connectivity index (χ1) is 11.4. The van der Waals surface area contributed by atoms with E-state index in [1.54, 1.807) is 0 Å². The van der Waals surface area contributed by atoms with Crippen LogP contribution >= 0.6 is 0 Å². The summed E-state index contributed by atoms with van der Waals surface area (Å²) in [4.78, 5) is 24.6. The number of benzene rings is 2. The number of hydrogen-bond acceptors (Lipinski definition) is 2. The third kappa shape index (κ3) is 4.82. The number of nitrogens with one attached hydrogen (secondary N) is 2. The molecule has 1 atom stereocenters. The zero-order valence-corrected chi connectivity index (χ0v) is 14.8. The first kappa shape index (κ1) is 18.0. The van der Waals surface area contributed by atoms with Gasteiger partial charge in [-0.1, -0.05) is 58.0 Å². The van der Waals surface area contributed by atoms with Gasteiger partial charge in [-0.05, 0) is 34.7 Å². The van der Waals surface area contributed by atoms with Gasteiger partial charge in [0.05, 0.1) is 0 Å². The molecule has 0 aliphatic rings. The topological polar surface area (TPSA) is 58.2 Å². The zero-order chi connectivity index (χ0) is 17.7. The van der Waals surface area contributed by atoms with Gasteiger partial charge in [-0.3, -0.25) is 9.59 Å². The Labute approximate surface area is 143 Å². The summed E-state index contributed by atoms with van der Waals surface area (Å²) in [5.74, 6) is 0.0117. The minimum Gasteiger partial charge on any atom is -0.344 e. The van der Waals surface area contributed by atoms with Crippen LogP contribution in [0, 0.1) is 11.8 Å². The van der Waals surface area contributed by atoms with Gasteiger partial charge in [0.1, 0.15) is 6.04 Å². The fourth-order valence-corrected chi connectivity index (χ4v) is 2.63. The molecule has 128 valence electrons. The summed E-state index contributed by atoms with van der Waals surface area (Å²) in [6, 6.07) is 13.3. The first-order valence-corrected chi connectivity index (χ1v) is 8.46. The summed E-state index contributed by atoms with van der Waals surface area (Å²) in [7, 11) is 0. The average Bonchev–Trinajstić information content (AvgIpc) is 2.51. The number of fused-ring (bicyclic) bond motifs is 1. The van der Waals surface area contributed by atoms with Crippen LogP contribution in [0.25, 0.3) is 10.8 Å². The van der Waals surface area contributed by atoms with Crippen LogP contribution in [0.4, 0.5) is 5.69 Å². The Kier molecular flexibility index (Phi) is 5.96. The Morgan fingerprint density at radius 3 is 2.25 bits per heavy atom. The molecule has 1 unspecified atom stereocenters. The molecule has 0 heterocycles. The van der Waals surface area contributed by atoms with Gasteiger partial charge in [0.15, 0.2) is 0 Å². The summed E-state index contributed by atoms with van der Waals surface area (Å²) >= 11 is 0. The van der Waals surface area contributed by atoms with E-state index in [0.717, 1.165) is 16.5 Å². The standard InChI is InChI=1S/C20H26N2O2/c1-13(2)11-18(23)22-19(14(3)4)20(24)21-17-10-9-15-7-5-6-8-16(15)12-17/h5-10,12-14,19H,11H2,1-4H3,(H,21,24)(H,22,23). The second kappa shape index (κ2) is 7.95. The second-order valence-corrected chi connectivity index (χ2v) is 6.94. The zero-order valence-electron chi connectivity index (χ0n) is 14.8. The quantitative estimate of drug-likeness (QED) is 0.844. The van der Waals surface area contributed by atoms with Crippen molar-refractivity contribution in [3.63, 3.8) is 0 Å². The molecule has 2 amide bonds. The highest BCUT2D eigenvalue weighted by atomic mass is 16.2. The molecule has 4 heteroatoms. The van der Waals surface area contributed by atoms with E-state index in [1.165, 1.54) is 0 Å². The SMILES string of the molecule is CC(C)CC(=O)NC(C(=O)Nc1ccc2ccccc2c1)C(C)C. The van der Waals surface area contributed by atoms with Gasteiger partial charge in [-0.2, -0.15) is 0 Å². The second-order valence-electron chi connectivity index (χ2n) is 6.94. The van der Waals surface area contributed by atoms with Gasteiger partial charge < -0.3 is 10.6 Å². The van der Waals surface area contributed by atoms with Crippen LogP contribution in [0.1, 0.15) is 34.1 Å². The molecule has 24 heavy (non-hydrogen) atoms. The van der Waals surface area contributed by atoms with Crippen molar-refractivity contribution in [1.82, 2.24) is 5.32 Å². The Morgan fingerprint density at radius 1 is 0.958 bits per heavy atom. The van der Waals surface area contributed by atoms with E-state index in [4.69, 9.17) is 0 Å². The van der Waals surface area contributed by atoms with Crippen LogP contribution in [0.15, 0.2) is 42.5 Å². The van der Waals surface area contributed by atoms with Crippen LogP contribution in [0.3, 0.4) is 0 Å². The van der Waals surface area contributed by atoms with E-state index >= 15 is 0 Å². The molecule has 0 saturated carbocycles. The fraction of sp³-hybridized carbons (Fsp3) is 0.400. The van der Waals surface area contributed by atoms with E-state index in [1.807, 2.05) is 70.2 Å². The molecule has 0 saturated heterocycles. The Balaban J connectivity index is 2.09. The predicted octanol–water partition coefficient (Wildman–Crippen LogP) is 3.97. The van der Waals surface area contributed by atoms with Gasteiger partial charge in [0.2, 0.25) is 11.8 Å². The van der Waals surface area contributed by atoms with Gasteiger partial charge in [-0.15, -0.1) is 0 Å². The maximum Gasteiger partial charge on any atom is 0.247 e. The van der Waals surface area contributed by atoms with Gasteiger partial charge in [-0.25, -0.2) is 0 Å². The van der Waals surface area contributed by atoms with E-state index in [2.05, 4.69) is 10.6 Å². The number of hydrogen-bond donors (Lipinski definition) is 2. The lowest BCUT2D eigenvalue weighted by Crippen LogP contribution is -2.47. The first-order valence-electron chi connectivity index (χ1n) is 8.46. The van der Waals surface area contributed by atoms with Gasteiger partial charge in [0, 0.05) is 12.1 Å². The minimum absolute atomic E-state index is 0.0153. The van der Waals surface area contributed by atoms with Gasteiger partial charge >= 0.3 is 0 Å². The minimum atomic E-state index is -0.539. The maximum absolute atomic E-state index is 12.6. The van der Waals surface area contributed by atoms with Crippen molar-refractivity contribution in [2.75, 3.05) is 5.32 Å². The third-order valence-corrected chi connectivity index (χ3v) is 3.88. The van der Waals surface area contributed by atoms with Crippen molar-refractivity contribution in [2.45, 2.75) is 40.2 Å². The highest BCUT2D eigenvalue weighted by Gasteiger charge is 2.24. The van der Waals surface area contributed by atoms with Crippen molar-refractivity contribution in [3.8, 4) is 0 Å². The van der Waals surface area contributed by atoms with Crippen LogP contribution < -0.4 is 10.6 Å². The number of carbonyl (C=O) groups excluding carboxylic acids is 2. The molecule has 2 N–H and O–H groups in total. The molecule has 2 rings (SSSR count). The van der Waals surface area contributed by atoms with Crippen LogP contribution in [0.5, 0.6) is 0 Å². The normalized spacial score (nSPS) is 12.4. The summed E-state index contributed by atoms with van der Waals surface area (Å²) in [5, 5.41) is 7.97. The summed E-state index contributed by atoms with van der Waals surface area (Å²) in [6.07, 6.45) is 0.423. The molecule has 0 aliphatic carbocycles. The van der Waals surface area contributed by atoms with Crippen molar-refractivity contribution >= 4 is 28.3 Å². The van der Waals surface area contributed by atoms with E-state index < -0.39 is 6.04 Å². The summed E-state index contributed by atoms with van der Waals surface area (Å²) in [5.41, 5.74) is 0.738. The summed E-state index contributed by atoms with van der Waals surface area (Å²) < 4.78 is 0. The van der Waals surface area contributed by atoms with E-state index in [0.29, 0.717) is 6.42 Å². The number of carbonyl (C=O) groups is 2. The Hall–Kier alpha value is -2.36. The lowest BCUT2D eigenvalue weighted by Gasteiger charge is -2.22. The molecule has 0 bridgehead atoms. The molecule has 0 aliphatic heterocycles. The lowest BCUT2D eigenvalue weighted by molar-refractivity contribution is -0.127. The lowest BCUT2D eigenvalue weighted by atomic mass is 10.0. The number of rotatable bonds is 6. The molecular weight excluding hydrogens is 300 g/mol. The van der Waals surface area contributed by atoms with Gasteiger partial charge in [0.25, 0.3) is 0 Å². The predicted molar refractivity (Wildman–Crippen MR) is 98.8 cm³/mol. The van der Waals surface area contributed by atoms with Crippen LogP contribution in [-0.2, 0) is 9.59 Å². The molecule has 0 aromatic heterocycles. The smallest absolute Gasteiger partial charge is 0.247 e. The van der Waals surface area contributed by atoms with Crippen LogP contribution in [0.2, 0.25) is 0 Å². The largest absolute Gasteiger partial charge is 0.344 e. The van der Waals surface area contributed by atoms with Crippen molar-refractivity contribution in [3.05, 3.63) is 42.5 Å². The highest BCUT2D eigenvalue weighted by Crippen LogP contribution is 2.19. The number of anilines is 1. The maximum atomic E-state index is 12.6. The summed E-state index contributed by atoms with van der Waals surface area (Å²) in [6.45, 7) is 7.83. The highest BCUT2D eigenvalue weighted by molar-refractivity contribution is 5.99. The van der Waals surface area contributed by atoms with Crippen molar-refractivity contribution < 1.29 is 9.59 Å².